The lowest BCUT2D eigenvalue weighted by molar-refractivity contribution is 0.588. The molecule has 0 radical (unpaired) electrons. The maximum Gasteiger partial charge on any atom is 0.164 e. The minimum Gasteiger partial charge on any atom is -0.319 e. The Kier molecular flexibility index (Phi) is 5.91. The maximum atomic E-state index is 12.6. The lowest BCUT2D eigenvalue weighted by atomic mass is 10.0. The second-order valence-electron chi connectivity index (χ2n) is 8.52. The molecule has 1 heterocycles. The van der Waals surface area contributed by atoms with Crippen LogP contribution in [0.2, 0.25) is 0 Å². The van der Waals surface area contributed by atoms with Crippen molar-refractivity contribution in [3.63, 3.8) is 0 Å². The molecule has 166 valence electrons. The summed E-state index contributed by atoms with van der Waals surface area (Å²) in [5, 5.41) is 0.869. The first kappa shape index (κ1) is 21.9. The zero-order valence-electron chi connectivity index (χ0n) is 19.1. The van der Waals surface area contributed by atoms with Crippen molar-refractivity contribution >= 4 is 12.4 Å². The molecule has 34 heavy (non-hydrogen) atoms. The van der Waals surface area contributed by atoms with Crippen LogP contribution in [-0.2, 0) is 4.57 Å². The number of aromatic nitrogens is 3. The zero-order valence-corrected chi connectivity index (χ0v) is 20.0. The van der Waals surface area contributed by atoms with Gasteiger partial charge < -0.3 is 4.57 Å². The fourth-order valence-electron chi connectivity index (χ4n) is 3.80. The van der Waals surface area contributed by atoms with E-state index in [0.29, 0.717) is 17.5 Å². The van der Waals surface area contributed by atoms with E-state index in [2.05, 4.69) is 12.1 Å². The minimum atomic E-state index is -2.35. The summed E-state index contributed by atoms with van der Waals surface area (Å²) in [6.07, 6.45) is 0. The van der Waals surface area contributed by atoms with Crippen LogP contribution in [0.5, 0.6) is 0 Å². The third-order valence-electron chi connectivity index (χ3n) is 5.62. The number of hydrogen-bond acceptors (Lipinski definition) is 4. The maximum absolute atomic E-state index is 12.6. The first-order chi connectivity index (χ1) is 16.5. The van der Waals surface area contributed by atoms with E-state index in [1.165, 1.54) is 0 Å². The van der Waals surface area contributed by atoms with Crippen LogP contribution in [0.3, 0.4) is 0 Å². The van der Waals surface area contributed by atoms with Crippen molar-refractivity contribution in [1.29, 1.82) is 0 Å². The molecule has 5 rings (SSSR count). The third-order valence-corrected chi connectivity index (χ3v) is 7.14. The average Bonchev–Trinajstić information content (AvgIpc) is 2.89. The van der Waals surface area contributed by atoms with Crippen LogP contribution >= 0.6 is 7.14 Å². The summed E-state index contributed by atoms with van der Waals surface area (Å²) in [5.74, 6) is 1.88. The molecule has 5 heteroatoms. The van der Waals surface area contributed by atoms with Crippen molar-refractivity contribution in [2.75, 3.05) is 13.3 Å². The van der Waals surface area contributed by atoms with Gasteiger partial charge in [-0.2, -0.15) is 0 Å². The van der Waals surface area contributed by atoms with E-state index >= 15 is 0 Å². The summed E-state index contributed by atoms with van der Waals surface area (Å²) in [4.78, 5) is 14.4. The molecule has 0 atom stereocenters. The van der Waals surface area contributed by atoms with Crippen molar-refractivity contribution < 1.29 is 4.57 Å². The van der Waals surface area contributed by atoms with Gasteiger partial charge in [-0.15, -0.1) is 0 Å². The molecule has 4 nitrogen and oxygen atoms in total. The topological polar surface area (TPSA) is 55.7 Å². The average molecular weight is 462 g/mol. The Morgan fingerprint density at radius 1 is 0.471 bits per heavy atom. The van der Waals surface area contributed by atoms with E-state index < -0.39 is 7.14 Å². The summed E-state index contributed by atoms with van der Waals surface area (Å²) in [6, 6.07) is 36.0. The molecule has 0 bridgehead atoms. The van der Waals surface area contributed by atoms with Crippen molar-refractivity contribution in [1.82, 2.24) is 15.0 Å². The highest BCUT2D eigenvalue weighted by molar-refractivity contribution is 7.70. The second kappa shape index (κ2) is 9.17. The molecule has 0 N–H and O–H groups in total. The minimum absolute atomic E-state index is 0.613. The van der Waals surface area contributed by atoms with Gasteiger partial charge in [-0.05, 0) is 36.6 Å². The van der Waals surface area contributed by atoms with E-state index in [1.807, 2.05) is 97.1 Å². The SMILES string of the molecule is CP(C)(=O)c1cccc(-c2cccc(-c3nc(-c4ccccc4)nc(-c4ccccc4)n3)c2)c1. The summed E-state index contributed by atoms with van der Waals surface area (Å²) < 4.78 is 12.6. The summed E-state index contributed by atoms with van der Waals surface area (Å²) in [7, 11) is -2.35. The zero-order chi connectivity index (χ0) is 23.5. The first-order valence-electron chi connectivity index (χ1n) is 11.1. The smallest absolute Gasteiger partial charge is 0.164 e. The van der Waals surface area contributed by atoms with Crippen LogP contribution in [0.1, 0.15) is 0 Å². The van der Waals surface area contributed by atoms with Crippen LogP contribution < -0.4 is 5.30 Å². The van der Waals surface area contributed by atoms with Gasteiger partial charge in [-0.25, -0.2) is 15.0 Å². The molecule has 5 aromatic rings. The van der Waals surface area contributed by atoms with Crippen LogP contribution in [0, 0.1) is 0 Å². The van der Waals surface area contributed by atoms with Gasteiger partial charge in [0.05, 0.1) is 0 Å². The van der Waals surface area contributed by atoms with Gasteiger partial charge in [0.15, 0.2) is 17.5 Å². The molecule has 0 saturated heterocycles. The highest BCUT2D eigenvalue weighted by Gasteiger charge is 2.14. The van der Waals surface area contributed by atoms with Crippen LogP contribution in [0.4, 0.5) is 0 Å². The predicted molar refractivity (Wildman–Crippen MR) is 141 cm³/mol. The van der Waals surface area contributed by atoms with E-state index in [4.69, 9.17) is 15.0 Å². The summed E-state index contributed by atoms with van der Waals surface area (Å²) in [6.45, 7) is 3.59. The Balaban J connectivity index is 1.64. The van der Waals surface area contributed by atoms with E-state index in [9.17, 15) is 4.57 Å². The highest BCUT2D eigenvalue weighted by Crippen LogP contribution is 2.36. The molecule has 0 aliphatic rings. The molecule has 1 aromatic heterocycles. The molecule has 0 spiro atoms. The van der Waals surface area contributed by atoms with Crippen LogP contribution in [0.25, 0.3) is 45.3 Å². The number of rotatable bonds is 5. The van der Waals surface area contributed by atoms with Gasteiger partial charge in [0.1, 0.15) is 7.14 Å². The largest absolute Gasteiger partial charge is 0.319 e. The Morgan fingerprint density at radius 3 is 1.41 bits per heavy atom. The molecule has 4 aromatic carbocycles. The molecular weight excluding hydrogens is 437 g/mol. The Morgan fingerprint density at radius 2 is 0.882 bits per heavy atom. The van der Waals surface area contributed by atoms with Gasteiger partial charge in [0, 0.05) is 22.0 Å². The summed E-state index contributed by atoms with van der Waals surface area (Å²) >= 11 is 0. The van der Waals surface area contributed by atoms with E-state index in [1.54, 1.807) is 13.3 Å². The van der Waals surface area contributed by atoms with E-state index in [-0.39, 0.29) is 0 Å². The van der Waals surface area contributed by atoms with E-state index in [0.717, 1.165) is 33.1 Å². The molecule has 0 aliphatic heterocycles. The van der Waals surface area contributed by atoms with Gasteiger partial charge >= 0.3 is 0 Å². The van der Waals surface area contributed by atoms with Crippen LogP contribution in [0.15, 0.2) is 109 Å². The van der Waals surface area contributed by atoms with Crippen molar-refractivity contribution in [3.8, 4) is 45.3 Å². The van der Waals surface area contributed by atoms with Crippen LogP contribution in [-0.4, -0.2) is 28.3 Å². The number of benzene rings is 4. The third kappa shape index (κ3) is 4.73. The quantitative estimate of drug-likeness (QED) is 0.271. The molecule has 0 amide bonds. The van der Waals surface area contributed by atoms with Gasteiger partial charge in [0.25, 0.3) is 0 Å². The standard InChI is InChI=1S/C29H24N3OP/c1-34(2,33)26-18-10-16-24(20-26)23-15-9-17-25(19-23)29-31-27(21-11-5-3-6-12-21)30-28(32-29)22-13-7-4-8-14-22/h3-20H,1-2H3. The lowest BCUT2D eigenvalue weighted by Gasteiger charge is -2.11. The van der Waals surface area contributed by atoms with Gasteiger partial charge in [0.2, 0.25) is 0 Å². The molecule has 0 saturated carbocycles. The predicted octanol–water partition coefficient (Wildman–Crippen LogP) is 6.79. The number of hydrogen-bond donors (Lipinski definition) is 0. The highest BCUT2D eigenvalue weighted by atomic mass is 31.2. The van der Waals surface area contributed by atoms with Gasteiger partial charge in [-0.3, -0.25) is 0 Å². The fraction of sp³-hybridized carbons (Fsp3) is 0.0690. The normalized spacial score (nSPS) is 11.4. The van der Waals surface area contributed by atoms with Crippen molar-refractivity contribution in [2.24, 2.45) is 0 Å². The Labute approximate surface area is 199 Å². The summed E-state index contributed by atoms with van der Waals surface area (Å²) in [5.41, 5.74) is 4.82. The Bertz CT molecular complexity index is 1440. The molecular formula is C29H24N3OP. The first-order valence-corrected chi connectivity index (χ1v) is 13.7. The van der Waals surface area contributed by atoms with Crippen molar-refractivity contribution in [3.05, 3.63) is 109 Å². The fourth-order valence-corrected chi connectivity index (χ4v) is 4.69. The lowest BCUT2D eigenvalue weighted by Crippen LogP contribution is -2.02. The Hall–Kier alpha value is -3.88. The molecule has 0 unspecified atom stereocenters. The van der Waals surface area contributed by atoms with Gasteiger partial charge in [-0.1, -0.05) is 97.1 Å². The monoisotopic (exact) mass is 461 g/mol. The molecule has 0 fully saturated rings. The molecule has 0 aliphatic carbocycles. The van der Waals surface area contributed by atoms with Crippen molar-refractivity contribution in [2.45, 2.75) is 0 Å². The second-order valence-corrected chi connectivity index (χ2v) is 11.7. The number of nitrogens with zero attached hydrogens (tertiary/aromatic N) is 3.